The quantitative estimate of drug-likeness (QED) is 0.346. The first-order chi connectivity index (χ1) is 13.4. The van der Waals surface area contributed by atoms with Crippen LogP contribution in [0.15, 0.2) is 30.3 Å². The Balaban J connectivity index is 2.38. The second kappa shape index (κ2) is 9.59. The van der Waals surface area contributed by atoms with Gasteiger partial charge in [-0.25, -0.2) is 0 Å². The molecule has 0 atom stereocenters. The molecule has 0 saturated heterocycles. The molecule has 2 rings (SSSR count). The molecule has 0 aliphatic rings. The molecule has 8 nitrogen and oxygen atoms in total. The summed E-state index contributed by atoms with van der Waals surface area (Å²) in [7, 11) is 2.82. The van der Waals surface area contributed by atoms with Crippen molar-refractivity contribution in [1.29, 1.82) is 0 Å². The predicted molar refractivity (Wildman–Crippen MR) is 103 cm³/mol. The normalized spacial score (nSPS) is 10.3. The predicted octanol–water partition coefficient (Wildman–Crippen LogP) is 3.83. The number of nitro benzene ring substituents is 1. The number of carbonyl (C=O) groups is 1. The van der Waals surface area contributed by atoms with Crippen LogP contribution in [0.1, 0.15) is 29.8 Å². The summed E-state index contributed by atoms with van der Waals surface area (Å²) in [4.78, 5) is 23.7. The summed E-state index contributed by atoms with van der Waals surface area (Å²) in [5, 5.41) is 11.4. The fourth-order valence-electron chi connectivity index (χ4n) is 2.72. The molecule has 0 bridgehead atoms. The number of benzene rings is 2. The van der Waals surface area contributed by atoms with E-state index in [1.54, 1.807) is 18.2 Å². The van der Waals surface area contributed by atoms with E-state index in [0.717, 1.165) is 0 Å². The Kier molecular flexibility index (Phi) is 7.20. The Morgan fingerprint density at radius 2 is 1.54 bits per heavy atom. The van der Waals surface area contributed by atoms with Gasteiger partial charge in [-0.3, -0.25) is 14.9 Å². The van der Waals surface area contributed by atoms with E-state index in [9.17, 15) is 14.9 Å². The number of Topliss-reactive ketones (excluding diaryl/α,β-unsaturated/α-hetero) is 1. The number of rotatable bonds is 10. The standard InChI is InChI=1S/C20H23NO7/c1-5-27-17-8-7-13(10-20(17)28-6-2)16(22)9-14-11-18(25-3)19(26-4)12-15(14)21(23)24/h7-8,10-12H,5-6,9H2,1-4H3. The van der Waals surface area contributed by atoms with Crippen molar-refractivity contribution in [2.45, 2.75) is 20.3 Å². The number of methoxy groups -OCH3 is 2. The van der Waals surface area contributed by atoms with Crippen molar-refractivity contribution in [3.05, 3.63) is 51.6 Å². The van der Waals surface area contributed by atoms with Crippen LogP contribution in [-0.4, -0.2) is 38.1 Å². The van der Waals surface area contributed by atoms with Crippen molar-refractivity contribution in [2.24, 2.45) is 0 Å². The molecule has 0 amide bonds. The van der Waals surface area contributed by atoms with Gasteiger partial charge in [0, 0.05) is 17.5 Å². The molecule has 0 aromatic heterocycles. The number of nitro groups is 1. The Hall–Kier alpha value is -3.29. The lowest BCUT2D eigenvalue weighted by Crippen LogP contribution is -2.08. The molecule has 0 radical (unpaired) electrons. The molecule has 0 spiro atoms. The van der Waals surface area contributed by atoms with Crippen LogP contribution in [0, 0.1) is 10.1 Å². The van der Waals surface area contributed by atoms with E-state index in [2.05, 4.69) is 0 Å². The van der Waals surface area contributed by atoms with Crippen LogP contribution in [0.2, 0.25) is 0 Å². The SMILES string of the molecule is CCOc1ccc(C(=O)Cc2cc(OC)c(OC)cc2[N+](=O)[O-])cc1OCC. The Bertz CT molecular complexity index is 864. The molecule has 0 N–H and O–H groups in total. The number of ketones is 1. The minimum atomic E-state index is -0.547. The van der Waals surface area contributed by atoms with Crippen molar-refractivity contribution in [1.82, 2.24) is 0 Å². The molecule has 0 aliphatic heterocycles. The fourth-order valence-corrected chi connectivity index (χ4v) is 2.72. The van der Waals surface area contributed by atoms with E-state index in [1.165, 1.54) is 26.4 Å². The highest BCUT2D eigenvalue weighted by Gasteiger charge is 2.22. The van der Waals surface area contributed by atoms with E-state index in [1.807, 2.05) is 13.8 Å². The number of carbonyl (C=O) groups excluding carboxylic acids is 1. The molecular formula is C20H23NO7. The lowest BCUT2D eigenvalue weighted by atomic mass is 10.0. The monoisotopic (exact) mass is 389 g/mol. The molecule has 0 unspecified atom stereocenters. The maximum Gasteiger partial charge on any atom is 0.277 e. The van der Waals surface area contributed by atoms with Crippen LogP contribution in [0.3, 0.4) is 0 Å². The summed E-state index contributed by atoms with van der Waals surface area (Å²) in [5.74, 6) is 1.25. The number of hydrogen-bond acceptors (Lipinski definition) is 7. The number of ether oxygens (including phenoxy) is 4. The second-order valence-corrected chi connectivity index (χ2v) is 5.72. The minimum absolute atomic E-state index is 0.170. The van der Waals surface area contributed by atoms with Crippen LogP contribution in [0.4, 0.5) is 5.69 Å². The highest BCUT2D eigenvalue weighted by Crippen LogP contribution is 2.35. The van der Waals surface area contributed by atoms with Gasteiger partial charge in [0.25, 0.3) is 5.69 Å². The summed E-state index contributed by atoms with van der Waals surface area (Å²) in [6.07, 6.45) is -0.170. The van der Waals surface area contributed by atoms with Crippen molar-refractivity contribution >= 4 is 11.5 Å². The number of hydrogen-bond donors (Lipinski definition) is 0. The van der Waals surface area contributed by atoms with E-state index in [-0.39, 0.29) is 29.2 Å². The van der Waals surface area contributed by atoms with Crippen molar-refractivity contribution in [3.8, 4) is 23.0 Å². The molecule has 0 heterocycles. The van der Waals surface area contributed by atoms with Crippen LogP contribution in [0.5, 0.6) is 23.0 Å². The first-order valence-electron chi connectivity index (χ1n) is 8.77. The van der Waals surface area contributed by atoms with Gasteiger partial charge in [0.05, 0.1) is 38.4 Å². The van der Waals surface area contributed by atoms with Crippen LogP contribution < -0.4 is 18.9 Å². The Morgan fingerprint density at radius 1 is 0.929 bits per heavy atom. The first-order valence-corrected chi connectivity index (χ1v) is 8.77. The van der Waals surface area contributed by atoms with Gasteiger partial charge < -0.3 is 18.9 Å². The molecule has 0 fully saturated rings. The largest absolute Gasteiger partial charge is 0.493 e. The smallest absolute Gasteiger partial charge is 0.277 e. The van der Waals surface area contributed by atoms with Gasteiger partial charge >= 0.3 is 0 Å². The van der Waals surface area contributed by atoms with Gasteiger partial charge in [-0.1, -0.05) is 0 Å². The molecule has 0 aliphatic carbocycles. The third-order valence-electron chi connectivity index (χ3n) is 4.00. The molecule has 28 heavy (non-hydrogen) atoms. The highest BCUT2D eigenvalue weighted by molar-refractivity contribution is 5.98. The molecule has 0 saturated carbocycles. The Morgan fingerprint density at radius 3 is 2.11 bits per heavy atom. The zero-order chi connectivity index (χ0) is 20.7. The maximum atomic E-state index is 12.8. The third-order valence-corrected chi connectivity index (χ3v) is 4.00. The van der Waals surface area contributed by atoms with Gasteiger partial charge in [-0.2, -0.15) is 0 Å². The van der Waals surface area contributed by atoms with Gasteiger partial charge in [0.15, 0.2) is 28.8 Å². The maximum absolute atomic E-state index is 12.8. The summed E-state index contributed by atoms with van der Waals surface area (Å²) in [6.45, 7) is 4.56. The van der Waals surface area contributed by atoms with Crippen LogP contribution in [0.25, 0.3) is 0 Å². The molecule has 150 valence electrons. The van der Waals surface area contributed by atoms with Gasteiger partial charge in [-0.05, 0) is 38.1 Å². The lowest BCUT2D eigenvalue weighted by molar-refractivity contribution is -0.385. The second-order valence-electron chi connectivity index (χ2n) is 5.72. The van der Waals surface area contributed by atoms with Crippen molar-refractivity contribution < 1.29 is 28.7 Å². The first kappa shape index (κ1) is 21.0. The van der Waals surface area contributed by atoms with E-state index in [4.69, 9.17) is 18.9 Å². The average Bonchev–Trinajstić information content (AvgIpc) is 2.68. The third kappa shape index (κ3) is 4.70. The number of nitrogens with zero attached hydrogens (tertiary/aromatic N) is 1. The zero-order valence-electron chi connectivity index (χ0n) is 16.3. The van der Waals surface area contributed by atoms with Gasteiger partial charge in [0.2, 0.25) is 0 Å². The molecule has 2 aromatic rings. The summed E-state index contributed by atoms with van der Waals surface area (Å²) >= 11 is 0. The van der Waals surface area contributed by atoms with E-state index < -0.39 is 4.92 Å². The molecule has 8 heteroatoms. The fraction of sp³-hybridized carbons (Fsp3) is 0.350. The van der Waals surface area contributed by atoms with E-state index >= 15 is 0 Å². The van der Waals surface area contributed by atoms with Crippen LogP contribution in [-0.2, 0) is 6.42 Å². The van der Waals surface area contributed by atoms with Crippen molar-refractivity contribution in [3.63, 3.8) is 0 Å². The lowest BCUT2D eigenvalue weighted by Gasteiger charge is -2.13. The zero-order valence-corrected chi connectivity index (χ0v) is 16.3. The summed E-state index contributed by atoms with van der Waals surface area (Å²) in [6, 6.07) is 7.56. The average molecular weight is 389 g/mol. The molecule has 2 aromatic carbocycles. The van der Waals surface area contributed by atoms with Crippen molar-refractivity contribution in [2.75, 3.05) is 27.4 Å². The van der Waals surface area contributed by atoms with Crippen LogP contribution >= 0.6 is 0 Å². The van der Waals surface area contributed by atoms with Gasteiger partial charge in [0.1, 0.15) is 0 Å². The minimum Gasteiger partial charge on any atom is -0.493 e. The summed E-state index contributed by atoms with van der Waals surface area (Å²) in [5.41, 5.74) is 0.400. The summed E-state index contributed by atoms with van der Waals surface area (Å²) < 4.78 is 21.3. The topological polar surface area (TPSA) is 97.1 Å². The highest BCUT2D eigenvalue weighted by atomic mass is 16.6. The Labute approximate surface area is 163 Å². The van der Waals surface area contributed by atoms with Gasteiger partial charge in [-0.15, -0.1) is 0 Å². The molecular weight excluding hydrogens is 366 g/mol. The van der Waals surface area contributed by atoms with E-state index in [0.29, 0.717) is 36.0 Å².